The van der Waals surface area contributed by atoms with Gasteiger partial charge in [0.25, 0.3) is 5.56 Å². The number of alkyl halides is 3. The summed E-state index contributed by atoms with van der Waals surface area (Å²) in [5.74, 6) is -1.67. The predicted octanol–water partition coefficient (Wildman–Crippen LogP) is 7.35. The lowest BCUT2D eigenvalue weighted by molar-refractivity contribution is -0.143. The number of aromatic nitrogens is 5. The number of benzene rings is 2. The van der Waals surface area contributed by atoms with Crippen molar-refractivity contribution in [3.8, 4) is 22.4 Å². The Labute approximate surface area is 338 Å². The number of rotatable bonds is 17. The number of hydrogen-bond donors (Lipinski definition) is 3. The van der Waals surface area contributed by atoms with Gasteiger partial charge in [-0.1, -0.05) is 57.4 Å². The van der Waals surface area contributed by atoms with Gasteiger partial charge in [0.15, 0.2) is 5.78 Å². The number of carboxylic acids is 1. The average Bonchev–Trinajstić information content (AvgIpc) is 3.85. The van der Waals surface area contributed by atoms with Gasteiger partial charge in [0, 0.05) is 61.5 Å². The van der Waals surface area contributed by atoms with Crippen molar-refractivity contribution in [3.05, 3.63) is 94.7 Å². The lowest BCUT2D eigenvalue weighted by Crippen LogP contribution is -2.31. The molecule has 0 spiro atoms. The van der Waals surface area contributed by atoms with Crippen molar-refractivity contribution in [2.75, 3.05) is 11.9 Å². The molecular formula is C42H47F3N8O6. The number of urea groups is 1. The van der Waals surface area contributed by atoms with Crippen LogP contribution in [0.25, 0.3) is 33.3 Å². The highest BCUT2D eigenvalue weighted by Gasteiger charge is 2.30. The molecule has 0 fully saturated rings. The van der Waals surface area contributed by atoms with Crippen molar-refractivity contribution in [3.63, 3.8) is 0 Å². The van der Waals surface area contributed by atoms with Gasteiger partial charge in [-0.3, -0.25) is 28.8 Å². The van der Waals surface area contributed by atoms with E-state index in [4.69, 9.17) is 5.11 Å². The Morgan fingerprint density at radius 3 is 2.29 bits per heavy atom. The van der Waals surface area contributed by atoms with E-state index in [0.29, 0.717) is 64.9 Å². The van der Waals surface area contributed by atoms with Crippen molar-refractivity contribution < 1.29 is 37.5 Å². The average molecular weight is 817 g/mol. The van der Waals surface area contributed by atoms with Gasteiger partial charge in [0.1, 0.15) is 6.54 Å². The summed E-state index contributed by atoms with van der Waals surface area (Å²) in [6.07, 6.45) is 4.09. The molecule has 17 heteroatoms. The van der Waals surface area contributed by atoms with Crippen molar-refractivity contribution in [1.29, 1.82) is 0 Å². The molecule has 1 aliphatic heterocycles. The Kier molecular flexibility index (Phi) is 15.1. The predicted molar refractivity (Wildman–Crippen MR) is 215 cm³/mol. The van der Waals surface area contributed by atoms with Crippen LogP contribution >= 0.6 is 0 Å². The van der Waals surface area contributed by atoms with Gasteiger partial charge in [0.05, 0.1) is 35.9 Å². The number of carbonyl (C=O) groups excluding carboxylic acids is 3. The Balaban J connectivity index is 0.00000326. The number of hydrogen-bond acceptors (Lipinski definition) is 8. The van der Waals surface area contributed by atoms with E-state index >= 15 is 0 Å². The summed E-state index contributed by atoms with van der Waals surface area (Å²) in [6.45, 7) is 3.72. The number of Topliss-reactive ketones (excluding diaryl/α,β-unsaturated/α-hetero) is 1. The number of carboxylic acid groups (broad SMARTS) is 1. The fraction of sp³-hybridized carbons (Fsp3) is 0.381. The SMILES string of the molecule is CC.O=C(O)CCC(=O)NCC(=O)CCCCCCCn1ncc2c(-c3cc(-c4ccc(NC(=O)N5Cc6ccncc6C5)cc4)nn(CC(F)(F)F)c3=O)cccc21. The Morgan fingerprint density at radius 2 is 1.56 bits per heavy atom. The number of aliphatic carboxylic acids is 1. The van der Waals surface area contributed by atoms with Crippen molar-refractivity contribution in [1.82, 2.24) is 34.8 Å². The summed E-state index contributed by atoms with van der Waals surface area (Å²) < 4.78 is 43.3. The molecule has 0 atom stereocenters. The maximum absolute atomic E-state index is 13.7. The van der Waals surface area contributed by atoms with Crippen LogP contribution in [0.3, 0.4) is 0 Å². The molecule has 3 N–H and O–H groups in total. The van der Waals surface area contributed by atoms with Crippen LogP contribution < -0.4 is 16.2 Å². The molecule has 1 aliphatic rings. The molecule has 0 saturated carbocycles. The second-order valence-electron chi connectivity index (χ2n) is 13.9. The minimum atomic E-state index is -4.71. The van der Waals surface area contributed by atoms with Crippen molar-refractivity contribution >= 4 is 40.3 Å². The number of nitrogens with zero attached hydrogens (tertiary/aromatic N) is 6. The van der Waals surface area contributed by atoms with Gasteiger partial charge in [-0.15, -0.1) is 0 Å². The highest BCUT2D eigenvalue weighted by atomic mass is 19.4. The molecule has 14 nitrogen and oxygen atoms in total. The normalized spacial score (nSPS) is 12.1. The van der Waals surface area contributed by atoms with E-state index in [1.54, 1.807) is 64.6 Å². The van der Waals surface area contributed by atoms with Crippen LogP contribution in [0, 0.1) is 0 Å². The van der Waals surface area contributed by atoms with Gasteiger partial charge >= 0.3 is 18.2 Å². The monoisotopic (exact) mass is 816 g/mol. The molecular weight excluding hydrogens is 770 g/mol. The van der Waals surface area contributed by atoms with Crippen LogP contribution in [-0.2, 0) is 40.6 Å². The molecule has 6 rings (SSSR count). The smallest absolute Gasteiger partial charge is 0.408 e. The van der Waals surface area contributed by atoms with E-state index in [2.05, 4.69) is 25.8 Å². The van der Waals surface area contributed by atoms with Crippen LogP contribution in [0.2, 0.25) is 0 Å². The summed E-state index contributed by atoms with van der Waals surface area (Å²) in [5.41, 5.74) is 3.30. The quantitative estimate of drug-likeness (QED) is 0.0809. The molecule has 3 aromatic heterocycles. The van der Waals surface area contributed by atoms with E-state index in [0.717, 1.165) is 36.8 Å². The first-order valence-corrected chi connectivity index (χ1v) is 19.6. The second-order valence-corrected chi connectivity index (χ2v) is 13.9. The Morgan fingerprint density at radius 1 is 0.831 bits per heavy atom. The van der Waals surface area contributed by atoms with Gasteiger partial charge in [-0.05, 0) is 59.9 Å². The lowest BCUT2D eigenvalue weighted by Gasteiger charge is -2.17. The highest BCUT2D eigenvalue weighted by molar-refractivity contribution is 5.95. The van der Waals surface area contributed by atoms with Crippen LogP contribution in [0.15, 0.2) is 78.0 Å². The first-order valence-electron chi connectivity index (χ1n) is 19.6. The van der Waals surface area contributed by atoms with Gasteiger partial charge in [0.2, 0.25) is 5.91 Å². The van der Waals surface area contributed by atoms with Crippen LogP contribution in [-0.4, -0.2) is 71.0 Å². The van der Waals surface area contributed by atoms with E-state index in [9.17, 15) is 37.1 Å². The first-order chi connectivity index (χ1) is 28.3. The highest BCUT2D eigenvalue weighted by Crippen LogP contribution is 2.30. The maximum atomic E-state index is 13.7. The summed E-state index contributed by atoms with van der Waals surface area (Å²) in [5, 5.41) is 23.1. The third-order valence-corrected chi connectivity index (χ3v) is 9.60. The number of carbonyl (C=O) groups is 4. The number of ketones is 1. The molecule has 312 valence electrons. The van der Waals surface area contributed by atoms with Crippen molar-refractivity contribution in [2.45, 2.75) is 97.6 Å². The molecule has 0 saturated heterocycles. The van der Waals surface area contributed by atoms with Crippen LogP contribution in [0.1, 0.15) is 76.3 Å². The summed E-state index contributed by atoms with van der Waals surface area (Å²) >= 11 is 0. The molecule has 0 bridgehead atoms. The number of amides is 3. The maximum Gasteiger partial charge on any atom is 0.408 e. The standard InChI is InChI=1S/C40H41F3N8O6.C2H6/c41-40(42,43)25-51-38(56)32(19-34(48-51)26-10-12-29(13-11-26)47-39(57)49-23-27-16-17-44-20-28(27)24-49)31-8-6-9-35-33(31)22-46-50(35)18-5-3-1-2-4-7-30(52)21-45-36(53)14-15-37(54)55;1-2/h6,8-13,16-17,19-20,22H,1-5,7,14-15,18,21,23-25H2,(H,45,53)(H,47,57)(H,54,55);1-2H3. The minimum Gasteiger partial charge on any atom is -0.481 e. The minimum absolute atomic E-state index is 0.0317. The zero-order chi connectivity index (χ0) is 42.5. The van der Waals surface area contributed by atoms with E-state index in [1.807, 2.05) is 26.0 Å². The van der Waals surface area contributed by atoms with Crippen molar-refractivity contribution in [2.24, 2.45) is 0 Å². The van der Waals surface area contributed by atoms with Crippen LogP contribution in [0.5, 0.6) is 0 Å². The number of anilines is 1. The van der Waals surface area contributed by atoms with Gasteiger partial charge < -0.3 is 20.6 Å². The first kappa shape index (κ1) is 43.7. The fourth-order valence-electron chi connectivity index (χ4n) is 6.67. The summed E-state index contributed by atoms with van der Waals surface area (Å²) in [7, 11) is 0. The third kappa shape index (κ3) is 12.1. The number of aryl methyl sites for hydroxylation is 1. The molecule has 5 aromatic rings. The second kappa shape index (κ2) is 20.3. The molecule has 0 aliphatic carbocycles. The van der Waals surface area contributed by atoms with E-state index in [1.165, 1.54) is 6.07 Å². The number of halogens is 3. The zero-order valence-corrected chi connectivity index (χ0v) is 32.9. The Hall–Kier alpha value is -6.39. The molecule has 4 heterocycles. The topological polar surface area (TPSA) is 181 Å². The van der Waals surface area contributed by atoms with Gasteiger partial charge in [-0.25, -0.2) is 9.48 Å². The van der Waals surface area contributed by atoms with E-state index < -0.39 is 30.2 Å². The number of unbranched alkanes of at least 4 members (excludes halogenated alkanes) is 4. The molecule has 59 heavy (non-hydrogen) atoms. The lowest BCUT2D eigenvalue weighted by atomic mass is 10.0. The summed E-state index contributed by atoms with van der Waals surface area (Å²) in [6, 6.07) is 14.7. The van der Waals surface area contributed by atoms with Gasteiger partial charge in [-0.2, -0.15) is 23.4 Å². The zero-order valence-electron chi connectivity index (χ0n) is 32.9. The molecule has 2 aromatic carbocycles. The van der Waals surface area contributed by atoms with E-state index in [-0.39, 0.29) is 42.5 Å². The number of fused-ring (bicyclic) bond motifs is 2. The Bertz CT molecular complexity index is 2300. The third-order valence-electron chi connectivity index (χ3n) is 9.60. The number of pyridine rings is 1. The molecule has 0 radical (unpaired) electrons. The van der Waals surface area contributed by atoms with Crippen LogP contribution in [0.4, 0.5) is 23.7 Å². The molecule has 0 unspecified atom stereocenters. The largest absolute Gasteiger partial charge is 0.481 e. The fourth-order valence-corrected chi connectivity index (χ4v) is 6.67. The molecule has 3 amide bonds. The summed E-state index contributed by atoms with van der Waals surface area (Å²) in [4.78, 5) is 66.5. The number of nitrogens with one attached hydrogen (secondary N) is 2.